The number of ether oxygens (including phenoxy) is 1. The van der Waals surface area contributed by atoms with Crippen LogP contribution in [0.1, 0.15) is 36.6 Å². The summed E-state index contributed by atoms with van der Waals surface area (Å²) in [5.74, 6) is -0.181. The fourth-order valence-electron chi connectivity index (χ4n) is 3.35. The molecule has 0 spiro atoms. The van der Waals surface area contributed by atoms with Crippen LogP contribution >= 0.6 is 0 Å². The highest BCUT2D eigenvalue weighted by atomic mass is 19.1. The van der Waals surface area contributed by atoms with Gasteiger partial charge in [-0.15, -0.1) is 0 Å². The minimum atomic E-state index is -0.181. The number of halogens is 1. The third-order valence-corrected chi connectivity index (χ3v) is 4.68. The van der Waals surface area contributed by atoms with Crippen molar-refractivity contribution in [3.05, 3.63) is 53.1 Å². The van der Waals surface area contributed by atoms with Crippen LogP contribution in [0, 0.1) is 12.7 Å². The Morgan fingerprint density at radius 1 is 1.38 bits per heavy atom. The topological polar surface area (TPSA) is 30.3 Å². The zero-order valence-corrected chi connectivity index (χ0v) is 14.5. The van der Waals surface area contributed by atoms with Crippen molar-refractivity contribution in [1.29, 1.82) is 0 Å². The molecule has 0 saturated carbocycles. The molecule has 1 aromatic carbocycles. The second kappa shape index (κ2) is 7.90. The number of nitrogens with zero attached hydrogens (tertiary/aromatic N) is 3. The van der Waals surface area contributed by atoms with Crippen molar-refractivity contribution >= 4 is 0 Å². The highest BCUT2D eigenvalue weighted by molar-refractivity contribution is 5.18. The van der Waals surface area contributed by atoms with Gasteiger partial charge in [0.1, 0.15) is 5.82 Å². The molecule has 0 aliphatic carbocycles. The average molecular weight is 331 g/mol. The van der Waals surface area contributed by atoms with E-state index in [1.807, 2.05) is 16.9 Å². The lowest BCUT2D eigenvalue weighted by molar-refractivity contribution is 0.0678. The van der Waals surface area contributed by atoms with E-state index in [4.69, 9.17) is 4.74 Å². The van der Waals surface area contributed by atoms with E-state index < -0.39 is 0 Å². The first-order valence-corrected chi connectivity index (χ1v) is 8.75. The summed E-state index contributed by atoms with van der Waals surface area (Å²) in [5.41, 5.74) is 3.42. The van der Waals surface area contributed by atoms with Gasteiger partial charge in [-0.05, 0) is 44.4 Å². The van der Waals surface area contributed by atoms with Crippen LogP contribution in [0.25, 0.3) is 0 Å². The molecule has 1 aliphatic rings. The molecule has 2 heterocycles. The molecular formula is C19H26FN3O. The molecule has 4 nitrogen and oxygen atoms in total. The van der Waals surface area contributed by atoms with Gasteiger partial charge in [0, 0.05) is 44.0 Å². The third-order valence-electron chi connectivity index (χ3n) is 4.68. The molecule has 1 atom stereocenters. The lowest BCUT2D eigenvalue weighted by Crippen LogP contribution is -2.31. The lowest BCUT2D eigenvalue weighted by atomic mass is 10.1. The van der Waals surface area contributed by atoms with E-state index in [-0.39, 0.29) is 11.9 Å². The highest BCUT2D eigenvalue weighted by Crippen LogP contribution is 2.19. The van der Waals surface area contributed by atoms with Crippen LogP contribution in [0.4, 0.5) is 4.39 Å². The van der Waals surface area contributed by atoms with Gasteiger partial charge in [0.25, 0.3) is 0 Å². The smallest absolute Gasteiger partial charge is 0.123 e. The van der Waals surface area contributed by atoms with E-state index in [0.29, 0.717) is 6.54 Å². The minimum absolute atomic E-state index is 0.181. The molecule has 5 heteroatoms. The Morgan fingerprint density at radius 3 is 2.92 bits per heavy atom. The maximum absolute atomic E-state index is 13.5. The van der Waals surface area contributed by atoms with Gasteiger partial charge in [0.2, 0.25) is 0 Å². The van der Waals surface area contributed by atoms with Crippen molar-refractivity contribution < 1.29 is 9.13 Å². The second-order valence-electron chi connectivity index (χ2n) is 6.51. The molecule has 0 radical (unpaired) electrons. The monoisotopic (exact) mass is 331 g/mol. The molecule has 0 N–H and O–H groups in total. The summed E-state index contributed by atoms with van der Waals surface area (Å²) in [6.45, 7) is 8.33. The average Bonchev–Trinajstić information content (AvgIpc) is 3.18. The van der Waals surface area contributed by atoms with E-state index in [1.165, 1.54) is 17.3 Å². The Kier molecular flexibility index (Phi) is 5.63. The van der Waals surface area contributed by atoms with Gasteiger partial charge in [0.05, 0.1) is 12.3 Å². The molecule has 1 saturated heterocycles. The van der Waals surface area contributed by atoms with E-state index in [2.05, 4.69) is 23.8 Å². The van der Waals surface area contributed by atoms with Crippen LogP contribution in [0.2, 0.25) is 0 Å². The van der Waals surface area contributed by atoms with Gasteiger partial charge < -0.3 is 4.74 Å². The molecule has 0 unspecified atom stereocenters. The van der Waals surface area contributed by atoms with Gasteiger partial charge in [-0.25, -0.2) is 4.39 Å². The Labute approximate surface area is 143 Å². The molecule has 2 aromatic rings. The van der Waals surface area contributed by atoms with Crippen molar-refractivity contribution in [3.8, 4) is 0 Å². The highest BCUT2D eigenvalue weighted by Gasteiger charge is 2.21. The summed E-state index contributed by atoms with van der Waals surface area (Å²) in [4.78, 5) is 2.34. The molecule has 1 aromatic heterocycles. The van der Waals surface area contributed by atoms with Crippen LogP contribution in [-0.2, 0) is 24.4 Å². The van der Waals surface area contributed by atoms with E-state index in [9.17, 15) is 4.39 Å². The zero-order chi connectivity index (χ0) is 16.9. The summed E-state index contributed by atoms with van der Waals surface area (Å²) in [6, 6.07) is 6.86. The first kappa shape index (κ1) is 17.1. The first-order valence-electron chi connectivity index (χ1n) is 8.75. The SMILES string of the molecule is CCn1ncc(CN(Cc2cccc(F)c2)C[C@@H]2CCCO2)c1C. The summed E-state index contributed by atoms with van der Waals surface area (Å²) in [5, 5.41) is 4.44. The number of rotatable bonds is 7. The molecule has 24 heavy (non-hydrogen) atoms. The van der Waals surface area contributed by atoms with E-state index in [1.54, 1.807) is 12.1 Å². The molecule has 1 fully saturated rings. The minimum Gasteiger partial charge on any atom is -0.377 e. The molecule has 130 valence electrons. The third kappa shape index (κ3) is 4.22. The number of aryl methyl sites for hydroxylation is 1. The Bertz CT molecular complexity index is 664. The van der Waals surface area contributed by atoms with Gasteiger partial charge in [-0.3, -0.25) is 9.58 Å². The number of benzene rings is 1. The Morgan fingerprint density at radius 2 is 2.25 bits per heavy atom. The Balaban J connectivity index is 1.74. The second-order valence-corrected chi connectivity index (χ2v) is 6.51. The largest absolute Gasteiger partial charge is 0.377 e. The summed E-state index contributed by atoms with van der Waals surface area (Å²) in [7, 11) is 0. The maximum Gasteiger partial charge on any atom is 0.123 e. The summed E-state index contributed by atoms with van der Waals surface area (Å²) in [6.07, 6.45) is 4.46. The molecule has 1 aliphatic heterocycles. The van der Waals surface area contributed by atoms with Crippen LogP contribution in [0.3, 0.4) is 0 Å². The van der Waals surface area contributed by atoms with Crippen LogP contribution in [0.5, 0.6) is 0 Å². The van der Waals surface area contributed by atoms with Gasteiger partial charge in [0.15, 0.2) is 0 Å². The van der Waals surface area contributed by atoms with Crippen molar-refractivity contribution in [2.75, 3.05) is 13.2 Å². The lowest BCUT2D eigenvalue weighted by Gasteiger charge is -2.25. The Hall–Kier alpha value is -1.72. The van der Waals surface area contributed by atoms with Crippen molar-refractivity contribution in [1.82, 2.24) is 14.7 Å². The van der Waals surface area contributed by atoms with Crippen molar-refractivity contribution in [2.24, 2.45) is 0 Å². The van der Waals surface area contributed by atoms with Gasteiger partial charge in [-0.1, -0.05) is 12.1 Å². The van der Waals surface area contributed by atoms with E-state index >= 15 is 0 Å². The molecule has 0 bridgehead atoms. The molecule has 0 amide bonds. The summed E-state index contributed by atoms with van der Waals surface area (Å²) < 4.78 is 21.3. The number of hydrogen-bond acceptors (Lipinski definition) is 3. The van der Waals surface area contributed by atoms with E-state index in [0.717, 1.165) is 44.6 Å². The zero-order valence-electron chi connectivity index (χ0n) is 14.5. The normalized spacial score (nSPS) is 17.8. The predicted octanol–water partition coefficient (Wildman–Crippen LogP) is 3.53. The maximum atomic E-state index is 13.5. The quantitative estimate of drug-likeness (QED) is 0.777. The van der Waals surface area contributed by atoms with Gasteiger partial charge >= 0.3 is 0 Å². The van der Waals surface area contributed by atoms with Crippen LogP contribution in [0.15, 0.2) is 30.5 Å². The molecular weight excluding hydrogens is 305 g/mol. The number of hydrogen-bond donors (Lipinski definition) is 0. The first-order chi connectivity index (χ1) is 11.7. The fourth-order valence-corrected chi connectivity index (χ4v) is 3.35. The summed E-state index contributed by atoms with van der Waals surface area (Å²) >= 11 is 0. The standard InChI is InChI=1S/C19H26FN3O/c1-3-23-15(2)17(11-21-23)13-22(14-19-8-5-9-24-19)12-16-6-4-7-18(20)10-16/h4,6-7,10-11,19H,3,5,8-9,12-14H2,1-2H3/t19-/m0/s1. The van der Waals surface area contributed by atoms with Crippen LogP contribution < -0.4 is 0 Å². The van der Waals surface area contributed by atoms with Crippen molar-refractivity contribution in [3.63, 3.8) is 0 Å². The number of aromatic nitrogens is 2. The fraction of sp³-hybridized carbons (Fsp3) is 0.526. The van der Waals surface area contributed by atoms with Gasteiger partial charge in [-0.2, -0.15) is 5.10 Å². The molecule has 3 rings (SSSR count). The van der Waals surface area contributed by atoms with Crippen molar-refractivity contribution in [2.45, 2.75) is 52.4 Å². The van der Waals surface area contributed by atoms with Crippen LogP contribution in [-0.4, -0.2) is 33.9 Å². The predicted molar refractivity (Wildman–Crippen MR) is 92.1 cm³/mol.